The number of hydrogen-bond donors (Lipinski definition) is 2. The summed E-state index contributed by atoms with van der Waals surface area (Å²) < 4.78 is 11.9. The minimum Gasteiger partial charge on any atom is -0.389 e. The fourth-order valence-electron chi connectivity index (χ4n) is 2.71. The standard InChI is InChI=1S/C16H23NO3S/c18-15(12-16(19)8-4-5-9-16)17-10-11-21(20)13-14-6-2-1-3-7-14/h1-3,6-7,19H,4-5,8-13H2,(H,17,18). The molecule has 0 saturated heterocycles. The molecule has 0 radical (unpaired) electrons. The van der Waals surface area contributed by atoms with Crippen LogP contribution < -0.4 is 5.32 Å². The summed E-state index contributed by atoms with van der Waals surface area (Å²) in [5, 5.41) is 12.9. The predicted octanol–water partition coefficient (Wildman–Crippen LogP) is 1.75. The summed E-state index contributed by atoms with van der Waals surface area (Å²) in [5.41, 5.74) is 0.232. The predicted molar refractivity (Wildman–Crippen MR) is 84.2 cm³/mol. The van der Waals surface area contributed by atoms with Crippen LogP contribution in [0.2, 0.25) is 0 Å². The largest absolute Gasteiger partial charge is 0.389 e. The molecule has 1 atom stereocenters. The first-order valence-corrected chi connectivity index (χ1v) is 8.94. The molecule has 21 heavy (non-hydrogen) atoms. The molecule has 1 aliphatic rings. The Morgan fingerprint density at radius 1 is 1.24 bits per heavy atom. The van der Waals surface area contributed by atoms with E-state index >= 15 is 0 Å². The topological polar surface area (TPSA) is 66.4 Å². The Bertz CT molecular complexity index is 484. The Kier molecular flexibility index (Phi) is 5.94. The van der Waals surface area contributed by atoms with Crippen molar-refractivity contribution in [3.05, 3.63) is 35.9 Å². The van der Waals surface area contributed by atoms with Crippen LogP contribution in [0.25, 0.3) is 0 Å². The molecular weight excluding hydrogens is 286 g/mol. The van der Waals surface area contributed by atoms with Crippen molar-refractivity contribution in [2.75, 3.05) is 12.3 Å². The van der Waals surface area contributed by atoms with Crippen LogP contribution in [0, 0.1) is 0 Å². The average Bonchev–Trinajstić information content (AvgIpc) is 2.86. The number of carbonyl (C=O) groups excluding carboxylic acids is 1. The van der Waals surface area contributed by atoms with E-state index in [1.165, 1.54) is 0 Å². The molecule has 1 aromatic rings. The van der Waals surface area contributed by atoms with Gasteiger partial charge in [0.15, 0.2) is 0 Å². The SMILES string of the molecule is O=C(CC1(O)CCCC1)NCCS(=O)Cc1ccccc1. The summed E-state index contributed by atoms with van der Waals surface area (Å²) >= 11 is 0. The molecule has 4 nitrogen and oxygen atoms in total. The van der Waals surface area contributed by atoms with Gasteiger partial charge in [-0.25, -0.2) is 0 Å². The van der Waals surface area contributed by atoms with Crippen LogP contribution in [0.3, 0.4) is 0 Å². The fourth-order valence-corrected chi connectivity index (χ4v) is 3.75. The molecule has 1 saturated carbocycles. The molecule has 1 aromatic carbocycles. The Labute approximate surface area is 128 Å². The van der Waals surface area contributed by atoms with Crippen LogP contribution in [0.4, 0.5) is 0 Å². The van der Waals surface area contributed by atoms with Gasteiger partial charge in [0.1, 0.15) is 0 Å². The van der Waals surface area contributed by atoms with Gasteiger partial charge < -0.3 is 10.4 Å². The highest BCUT2D eigenvalue weighted by Crippen LogP contribution is 2.32. The molecule has 116 valence electrons. The molecule has 5 heteroatoms. The third-order valence-electron chi connectivity index (χ3n) is 3.85. The molecule has 2 N–H and O–H groups in total. The highest BCUT2D eigenvalue weighted by Gasteiger charge is 2.33. The lowest BCUT2D eigenvalue weighted by Gasteiger charge is -2.21. The van der Waals surface area contributed by atoms with E-state index in [9.17, 15) is 14.1 Å². The molecule has 1 unspecified atom stereocenters. The summed E-state index contributed by atoms with van der Waals surface area (Å²) in [7, 11) is -0.979. The van der Waals surface area contributed by atoms with Crippen LogP contribution in [0.1, 0.15) is 37.7 Å². The smallest absolute Gasteiger partial charge is 0.222 e. The monoisotopic (exact) mass is 309 g/mol. The second-order valence-corrected chi connectivity index (χ2v) is 7.31. The van der Waals surface area contributed by atoms with Crippen LogP contribution in [-0.2, 0) is 21.3 Å². The normalized spacial score (nSPS) is 18.3. The van der Waals surface area contributed by atoms with E-state index in [0.717, 1.165) is 18.4 Å². The maximum Gasteiger partial charge on any atom is 0.222 e. The molecule has 1 aliphatic carbocycles. The maximum absolute atomic E-state index is 11.9. The minimum atomic E-state index is -0.979. The van der Waals surface area contributed by atoms with Crippen molar-refractivity contribution in [2.24, 2.45) is 0 Å². The summed E-state index contributed by atoms with van der Waals surface area (Å²) in [5.74, 6) is 0.816. The lowest BCUT2D eigenvalue weighted by Crippen LogP contribution is -2.36. The molecule has 0 heterocycles. The second-order valence-electron chi connectivity index (χ2n) is 5.73. The molecule has 0 bridgehead atoms. The van der Waals surface area contributed by atoms with Crippen molar-refractivity contribution in [1.29, 1.82) is 0 Å². The lowest BCUT2D eigenvalue weighted by atomic mass is 9.98. The fraction of sp³-hybridized carbons (Fsp3) is 0.562. The number of amides is 1. The maximum atomic E-state index is 11.9. The number of carbonyl (C=O) groups is 1. The van der Waals surface area contributed by atoms with Gasteiger partial charge in [-0.3, -0.25) is 9.00 Å². The van der Waals surface area contributed by atoms with E-state index < -0.39 is 16.4 Å². The van der Waals surface area contributed by atoms with E-state index in [1.807, 2.05) is 30.3 Å². The molecule has 1 amide bonds. The third kappa shape index (κ3) is 5.59. The zero-order valence-corrected chi connectivity index (χ0v) is 13.0. The summed E-state index contributed by atoms with van der Waals surface area (Å²) in [6.45, 7) is 0.397. The zero-order valence-electron chi connectivity index (χ0n) is 12.2. The minimum absolute atomic E-state index is 0.142. The zero-order chi connectivity index (χ0) is 15.1. The summed E-state index contributed by atoms with van der Waals surface area (Å²) in [6, 6.07) is 9.69. The van der Waals surface area contributed by atoms with E-state index in [1.54, 1.807) is 0 Å². The first-order chi connectivity index (χ1) is 10.1. The van der Waals surface area contributed by atoms with E-state index in [2.05, 4.69) is 5.32 Å². The van der Waals surface area contributed by atoms with Gasteiger partial charge in [0, 0.05) is 28.9 Å². The first-order valence-electron chi connectivity index (χ1n) is 7.45. The lowest BCUT2D eigenvalue weighted by molar-refractivity contribution is -0.125. The Morgan fingerprint density at radius 2 is 1.90 bits per heavy atom. The van der Waals surface area contributed by atoms with Crippen molar-refractivity contribution in [2.45, 2.75) is 43.5 Å². The highest BCUT2D eigenvalue weighted by atomic mass is 32.2. The van der Waals surface area contributed by atoms with Gasteiger partial charge >= 0.3 is 0 Å². The Morgan fingerprint density at radius 3 is 2.57 bits per heavy atom. The number of rotatable bonds is 7. The van der Waals surface area contributed by atoms with Crippen LogP contribution in [0.15, 0.2) is 30.3 Å². The quantitative estimate of drug-likeness (QED) is 0.806. The molecule has 0 spiro atoms. The Hall–Kier alpha value is -1.20. The van der Waals surface area contributed by atoms with Gasteiger partial charge in [0.05, 0.1) is 12.0 Å². The van der Waals surface area contributed by atoms with Gasteiger partial charge in [-0.1, -0.05) is 43.2 Å². The second kappa shape index (κ2) is 7.71. The van der Waals surface area contributed by atoms with Crippen LogP contribution >= 0.6 is 0 Å². The highest BCUT2D eigenvalue weighted by molar-refractivity contribution is 7.84. The summed E-state index contributed by atoms with van der Waals surface area (Å²) in [4.78, 5) is 11.8. The number of hydrogen-bond acceptors (Lipinski definition) is 3. The average molecular weight is 309 g/mol. The number of nitrogens with one attached hydrogen (secondary N) is 1. The van der Waals surface area contributed by atoms with Crippen molar-refractivity contribution in [3.8, 4) is 0 Å². The molecular formula is C16H23NO3S. The van der Waals surface area contributed by atoms with Crippen molar-refractivity contribution < 1.29 is 14.1 Å². The van der Waals surface area contributed by atoms with Gasteiger partial charge in [-0.15, -0.1) is 0 Å². The van der Waals surface area contributed by atoms with Crippen LogP contribution in [0.5, 0.6) is 0 Å². The van der Waals surface area contributed by atoms with Crippen molar-refractivity contribution >= 4 is 16.7 Å². The van der Waals surface area contributed by atoms with Crippen LogP contribution in [-0.4, -0.2) is 33.1 Å². The van der Waals surface area contributed by atoms with Gasteiger partial charge in [-0.2, -0.15) is 0 Å². The number of benzene rings is 1. The van der Waals surface area contributed by atoms with E-state index in [0.29, 0.717) is 30.9 Å². The number of aliphatic hydroxyl groups is 1. The molecule has 2 rings (SSSR count). The summed E-state index contributed by atoms with van der Waals surface area (Å²) in [6.07, 6.45) is 3.56. The molecule has 0 aliphatic heterocycles. The van der Waals surface area contributed by atoms with Crippen molar-refractivity contribution in [3.63, 3.8) is 0 Å². The van der Waals surface area contributed by atoms with Crippen molar-refractivity contribution in [1.82, 2.24) is 5.32 Å². The van der Waals surface area contributed by atoms with E-state index in [-0.39, 0.29) is 12.3 Å². The van der Waals surface area contributed by atoms with Gasteiger partial charge in [0.2, 0.25) is 5.91 Å². The van der Waals surface area contributed by atoms with Gasteiger partial charge in [0.25, 0.3) is 0 Å². The molecule has 1 fully saturated rings. The van der Waals surface area contributed by atoms with E-state index in [4.69, 9.17) is 0 Å². The van der Waals surface area contributed by atoms with Gasteiger partial charge in [-0.05, 0) is 18.4 Å². The molecule has 0 aromatic heterocycles. The Balaban J connectivity index is 1.64. The third-order valence-corrected chi connectivity index (χ3v) is 5.16. The first kappa shape index (κ1) is 16.2.